The Balaban J connectivity index is 1.52. The van der Waals surface area contributed by atoms with E-state index in [1.807, 2.05) is 0 Å². The summed E-state index contributed by atoms with van der Waals surface area (Å²) < 4.78 is 0. The molecule has 0 aromatic rings. The van der Waals surface area contributed by atoms with Crippen molar-refractivity contribution in [2.24, 2.45) is 5.41 Å². The van der Waals surface area contributed by atoms with Gasteiger partial charge in [-0.2, -0.15) is 0 Å². The zero-order chi connectivity index (χ0) is 14.0. The van der Waals surface area contributed by atoms with Gasteiger partial charge in [-0.3, -0.25) is 9.69 Å². The third kappa shape index (κ3) is 3.01. The van der Waals surface area contributed by atoms with Gasteiger partial charge in [0.1, 0.15) is 0 Å². The predicted molar refractivity (Wildman–Crippen MR) is 80.6 cm³/mol. The van der Waals surface area contributed by atoms with E-state index in [1.165, 1.54) is 38.5 Å². The molecule has 0 bridgehead atoms. The lowest BCUT2D eigenvalue weighted by Crippen LogP contribution is -2.52. The summed E-state index contributed by atoms with van der Waals surface area (Å²) in [6.07, 6.45) is 8.50. The summed E-state index contributed by atoms with van der Waals surface area (Å²) in [4.78, 5) is 15.0. The molecular weight excluding hydrogens is 250 g/mol. The van der Waals surface area contributed by atoms with Crippen LogP contribution in [0.5, 0.6) is 0 Å². The van der Waals surface area contributed by atoms with Crippen LogP contribution in [0.25, 0.3) is 0 Å². The number of amides is 1. The van der Waals surface area contributed by atoms with Crippen LogP contribution < -0.4 is 10.6 Å². The highest BCUT2D eigenvalue weighted by molar-refractivity contribution is 5.82. The highest BCUT2D eigenvalue weighted by atomic mass is 16.2. The first-order chi connectivity index (χ1) is 9.68. The summed E-state index contributed by atoms with van der Waals surface area (Å²) in [6.45, 7) is 6.50. The molecule has 0 radical (unpaired) electrons. The number of likely N-dealkylation sites (tertiary alicyclic amines) is 1. The van der Waals surface area contributed by atoms with Gasteiger partial charge < -0.3 is 10.6 Å². The SMILES string of the molecule is CC1(CNC(=O)C2CCCN2C2CCNCC2)CCC1. The van der Waals surface area contributed by atoms with Crippen molar-refractivity contribution in [2.75, 3.05) is 26.2 Å². The van der Waals surface area contributed by atoms with Gasteiger partial charge >= 0.3 is 0 Å². The molecule has 4 nitrogen and oxygen atoms in total. The van der Waals surface area contributed by atoms with Gasteiger partial charge in [0.05, 0.1) is 6.04 Å². The maximum Gasteiger partial charge on any atom is 0.237 e. The van der Waals surface area contributed by atoms with Crippen molar-refractivity contribution in [1.82, 2.24) is 15.5 Å². The fourth-order valence-electron chi connectivity index (χ4n) is 4.02. The molecule has 3 aliphatic rings. The summed E-state index contributed by atoms with van der Waals surface area (Å²) in [5.41, 5.74) is 0.383. The lowest BCUT2D eigenvalue weighted by molar-refractivity contribution is -0.127. The normalized spacial score (nSPS) is 30.9. The number of nitrogens with zero attached hydrogens (tertiary/aromatic N) is 1. The molecule has 1 amide bonds. The Bertz CT molecular complexity index is 348. The maximum absolute atomic E-state index is 12.5. The van der Waals surface area contributed by atoms with Gasteiger partial charge in [-0.1, -0.05) is 13.3 Å². The minimum Gasteiger partial charge on any atom is -0.354 e. The van der Waals surface area contributed by atoms with Crippen molar-refractivity contribution < 1.29 is 4.79 Å². The first kappa shape index (κ1) is 14.3. The molecule has 0 aromatic carbocycles. The molecule has 1 aliphatic carbocycles. The third-order valence-corrected chi connectivity index (χ3v) is 5.62. The fraction of sp³-hybridized carbons (Fsp3) is 0.938. The molecule has 2 heterocycles. The van der Waals surface area contributed by atoms with Crippen LogP contribution in [-0.4, -0.2) is 49.1 Å². The molecule has 0 aromatic heterocycles. The van der Waals surface area contributed by atoms with E-state index in [1.54, 1.807) is 0 Å². The molecule has 4 heteroatoms. The topological polar surface area (TPSA) is 44.4 Å². The Hall–Kier alpha value is -0.610. The van der Waals surface area contributed by atoms with E-state index < -0.39 is 0 Å². The van der Waals surface area contributed by atoms with Gasteiger partial charge in [0.15, 0.2) is 0 Å². The number of nitrogens with one attached hydrogen (secondary N) is 2. The predicted octanol–water partition coefficient (Wildman–Crippen LogP) is 1.51. The molecule has 1 saturated carbocycles. The Morgan fingerprint density at radius 2 is 2.00 bits per heavy atom. The van der Waals surface area contributed by atoms with E-state index in [0.717, 1.165) is 32.6 Å². The van der Waals surface area contributed by atoms with Crippen LogP contribution in [0.1, 0.15) is 51.9 Å². The van der Waals surface area contributed by atoms with Crippen molar-refractivity contribution >= 4 is 5.91 Å². The average Bonchev–Trinajstić information content (AvgIpc) is 2.93. The Morgan fingerprint density at radius 3 is 2.65 bits per heavy atom. The molecule has 0 spiro atoms. The molecule has 3 fully saturated rings. The Labute approximate surface area is 122 Å². The van der Waals surface area contributed by atoms with Crippen molar-refractivity contribution in [2.45, 2.75) is 64.0 Å². The zero-order valence-corrected chi connectivity index (χ0v) is 12.8. The van der Waals surface area contributed by atoms with E-state index in [0.29, 0.717) is 11.5 Å². The molecule has 3 rings (SSSR count). The Morgan fingerprint density at radius 1 is 1.25 bits per heavy atom. The summed E-state index contributed by atoms with van der Waals surface area (Å²) in [6, 6.07) is 0.760. The lowest BCUT2D eigenvalue weighted by Gasteiger charge is -2.39. The van der Waals surface area contributed by atoms with Crippen molar-refractivity contribution in [1.29, 1.82) is 0 Å². The molecule has 114 valence electrons. The van der Waals surface area contributed by atoms with Crippen LogP contribution in [0.4, 0.5) is 0 Å². The summed E-state index contributed by atoms with van der Waals surface area (Å²) in [7, 11) is 0. The zero-order valence-electron chi connectivity index (χ0n) is 12.8. The van der Waals surface area contributed by atoms with Gasteiger partial charge in [-0.05, 0) is 63.6 Å². The van der Waals surface area contributed by atoms with Crippen LogP contribution in [0.2, 0.25) is 0 Å². The molecule has 1 unspecified atom stereocenters. The van der Waals surface area contributed by atoms with Gasteiger partial charge in [-0.15, -0.1) is 0 Å². The number of rotatable bonds is 4. The van der Waals surface area contributed by atoms with E-state index in [-0.39, 0.29) is 11.9 Å². The fourth-order valence-corrected chi connectivity index (χ4v) is 4.02. The van der Waals surface area contributed by atoms with E-state index in [9.17, 15) is 4.79 Å². The second-order valence-electron chi connectivity index (χ2n) is 7.26. The highest BCUT2D eigenvalue weighted by Gasteiger charge is 2.37. The van der Waals surface area contributed by atoms with Crippen LogP contribution in [0.15, 0.2) is 0 Å². The van der Waals surface area contributed by atoms with Crippen LogP contribution >= 0.6 is 0 Å². The number of hydrogen-bond acceptors (Lipinski definition) is 3. The first-order valence-electron chi connectivity index (χ1n) is 8.42. The lowest BCUT2D eigenvalue weighted by atomic mass is 9.70. The second kappa shape index (κ2) is 6.02. The van der Waals surface area contributed by atoms with Gasteiger partial charge in [-0.25, -0.2) is 0 Å². The van der Waals surface area contributed by atoms with Crippen molar-refractivity contribution in [3.63, 3.8) is 0 Å². The van der Waals surface area contributed by atoms with Crippen LogP contribution in [0, 0.1) is 5.41 Å². The summed E-state index contributed by atoms with van der Waals surface area (Å²) in [5.74, 6) is 0.286. The second-order valence-corrected chi connectivity index (χ2v) is 7.26. The Kier molecular flexibility index (Phi) is 4.32. The molecule has 2 saturated heterocycles. The standard InChI is InChI=1S/C16H29N3O/c1-16(7-3-8-16)12-18-15(20)14-4-2-11-19(14)13-5-9-17-10-6-13/h13-14,17H,2-12H2,1H3,(H,18,20). The average molecular weight is 279 g/mol. The van der Waals surface area contributed by atoms with E-state index >= 15 is 0 Å². The van der Waals surface area contributed by atoms with Crippen LogP contribution in [0.3, 0.4) is 0 Å². The van der Waals surface area contributed by atoms with Gasteiger partial charge in [0.25, 0.3) is 0 Å². The summed E-state index contributed by atoms with van der Waals surface area (Å²) >= 11 is 0. The largest absolute Gasteiger partial charge is 0.354 e. The molecule has 2 N–H and O–H groups in total. The van der Waals surface area contributed by atoms with Crippen molar-refractivity contribution in [3.8, 4) is 0 Å². The minimum absolute atomic E-state index is 0.141. The maximum atomic E-state index is 12.5. The molecule has 20 heavy (non-hydrogen) atoms. The molecule has 1 atom stereocenters. The first-order valence-corrected chi connectivity index (χ1v) is 8.42. The van der Waals surface area contributed by atoms with Gasteiger partial charge in [0.2, 0.25) is 5.91 Å². The monoisotopic (exact) mass is 279 g/mol. The van der Waals surface area contributed by atoms with Gasteiger partial charge in [0, 0.05) is 12.6 Å². The summed E-state index contributed by atoms with van der Waals surface area (Å²) in [5, 5.41) is 6.66. The smallest absolute Gasteiger partial charge is 0.237 e. The number of piperidine rings is 1. The van der Waals surface area contributed by atoms with Crippen LogP contribution in [-0.2, 0) is 4.79 Å². The molecule has 2 aliphatic heterocycles. The highest BCUT2D eigenvalue weighted by Crippen LogP contribution is 2.39. The van der Waals surface area contributed by atoms with Crippen molar-refractivity contribution in [3.05, 3.63) is 0 Å². The number of hydrogen-bond donors (Lipinski definition) is 2. The number of carbonyl (C=O) groups excluding carboxylic acids is 1. The van der Waals surface area contributed by atoms with E-state index in [4.69, 9.17) is 0 Å². The number of carbonyl (C=O) groups is 1. The third-order valence-electron chi connectivity index (χ3n) is 5.62. The van der Waals surface area contributed by atoms with E-state index in [2.05, 4.69) is 22.5 Å². The quantitative estimate of drug-likeness (QED) is 0.820. The molecular formula is C16H29N3O. The minimum atomic E-state index is 0.141.